The zero-order chi connectivity index (χ0) is 21.9. The average Bonchev–Trinajstić information content (AvgIpc) is 3.00. The molecule has 0 saturated heterocycles. The second-order valence-corrected chi connectivity index (χ2v) is 7.16. The third kappa shape index (κ3) is 4.63. The lowest BCUT2D eigenvalue weighted by Gasteiger charge is -2.27. The summed E-state index contributed by atoms with van der Waals surface area (Å²) in [6, 6.07) is 7.81. The van der Waals surface area contributed by atoms with Crippen LogP contribution in [0, 0.1) is 5.82 Å². The second kappa shape index (κ2) is 8.85. The molecule has 0 bridgehead atoms. The maximum atomic E-state index is 13.7. The Morgan fingerprint density at radius 3 is 2.43 bits per heavy atom. The summed E-state index contributed by atoms with van der Waals surface area (Å²) in [5, 5.41) is 2.62. The van der Waals surface area contributed by atoms with Crippen LogP contribution in [0.3, 0.4) is 0 Å². The molecule has 1 amide bonds. The third-order valence-electron chi connectivity index (χ3n) is 4.87. The summed E-state index contributed by atoms with van der Waals surface area (Å²) in [4.78, 5) is 18.0. The molecule has 0 fully saturated rings. The highest BCUT2D eigenvalue weighted by atomic mass is 19.4. The van der Waals surface area contributed by atoms with Gasteiger partial charge in [0, 0.05) is 30.7 Å². The first-order valence-corrected chi connectivity index (χ1v) is 9.85. The van der Waals surface area contributed by atoms with Crippen LogP contribution in [-0.2, 0) is 11.0 Å². The van der Waals surface area contributed by atoms with E-state index in [0.717, 1.165) is 18.9 Å². The number of anilines is 2. The van der Waals surface area contributed by atoms with Gasteiger partial charge in [-0.3, -0.25) is 9.79 Å². The number of hydrogen-bond acceptors (Lipinski definition) is 3. The van der Waals surface area contributed by atoms with Crippen molar-refractivity contribution in [1.29, 1.82) is 0 Å². The summed E-state index contributed by atoms with van der Waals surface area (Å²) in [7, 11) is 0. The van der Waals surface area contributed by atoms with Crippen molar-refractivity contribution < 1.29 is 22.4 Å². The fourth-order valence-corrected chi connectivity index (χ4v) is 3.56. The van der Waals surface area contributed by atoms with E-state index < -0.39 is 29.4 Å². The van der Waals surface area contributed by atoms with Gasteiger partial charge in [0.1, 0.15) is 11.7 Å². The lowest BCUT2D eigenvalue weighted by Crippen LogP contribution is -2.27. The van der Waals surface area contributed by atoms with Crippen LogP contribution in [0.1, 0.15) is 43.7 Å². The maximum Gasteiger partial charge on any atom is 0.418 e. The number of carbonyl (C=O) groups excluding carboxylic acids is 1. The topological polar surface area (TPSA) is 44.7 Å². The second-order valence-electron chi connectivity index (χ2n) is 7.16. The van der Waals surface area contributed by atoms with Crippen molar-refractivity contribution in [2.75, 3.05) is 23.3 Å². The molecular weight excluding hydrogens is 398 g/mol. The quantitative estimate of drug-likeness (QED) is 0.446. The molecule has 0 aliphatic carbocycles. The highest BCUT2D eigenvalue weighted by molar-refractivity contribution is 6.12. The van der Waals surface area contributed by atoms with E-state index in [9.17, 15) is 22.4 Å². The standard InChI is InChI=1S/C22H23F4N3O/c1-3-9-29(10-4-2)20-8-6-15(12-18(20)22(24,25)26)27-13-17-16-11-14(23)5-7-19(16)28-21(17)30/h5-8,11-13,17H,3-4,9-10H2,1-2H3,(H,28,30). The first kappa shape index (κ1) is 21.8. The number of nitrogens with zero attached hydrogens (tertiary/aromatic N) is 2. The zero-order valence-corrected chi connectivity index (χ0v) is 16.8. The smallest absolute Gasteiger partial charge is 0.371 e. The first-order valence-electron chi connectivity index (χ1n) is 9.85. The number of halogens is 4. The number of alkyl halides is 3. The number of benzene rings is 2. The predicted octanol–water partition coefficient (Wildman–Crippen LogP) is 5.91. The molecule has 2 aromatic carbocycles. The number of hydrogen-bond donors (Lipinski definition) is 1. The van der Waals surface area contributed by atoms with Crippen LogP contribution in [0.15, 0.2) is 41.4 Å². The van der Waals surface area contributed by atoms with Gasteiger partial charge in [0.15, 0.2) is 0 Å². The third-order valence-corrected chi connectivity index (χ3v) is 4.87. The molecule has 1 aliphatic rings. The Hall–Kier alpha value is -2.90. The average molecular weight is 421 g/mol. The van der Waals surface area contributed by atoms with E-state index >= 15 is 0 Å². The van der Waals surface area contributed by atoms with Gasteiger partial charge in [-0.1, -0.05) is 13.8 Å². The van der Waals surface area contributed by atoms with Crippen LogP contribution in [0.25, 0.3) is 0 Å². The van der Waals surface area contributed by atoms with E-state index in [-0.39, 0.29) is 11.4 Å². The molecule has 1 unspecified atom stereocenters. The Kier molecular flexibility index (Phi) is 6.43. The molecule has 8 heteroatoms. The zero-order valence-electron chi connectivity index (χ0n) is 16.8. The largest absolute Gasteiger partial charge is 0.418 e. The molecule has 30 heavy (non-hydrogen) atoms. The predicted molar refractivity (Wildman–Crippen MR) is 110 cm³/mol. The van der Waals surface area contributed by atoms with E-state index in [1.165, 1.54) is 36.5 Å². The van der Waals surface area contributed by atoms with Crippen LogP contribution in [-0.4, -0.2) is 25.2 Å². The molecule has 4 nitrogen and oxygen atoms in total. The van der Waals surface area contributed by atoms with E-state index in [1.54, 1.807) is 4.90 Å². The molecule has 2 aromatic rings. The Bertz CT molecular complexity index is 950. The van der Waals surface area contributed by atoms with Crippen molar-refractivity contribution in [2.24, 2.45) is 4.99 Å². The van der Waals surface area contributed by atoms with Crippen molar-refractivity contribution in [3.05, 3.63) is 53.3 Å². The van der Waals surface area contributed by atoms with Gasteiger partial charge in [0.25, 0.3) is 0 Å². The van der Waals surface area contributed by atoms with Crippen LogP contribution >= 0.6 is 0 Å². The molecule has 0 radical (unpaired) electrons. The fraction of sp³-hybridized carbons (Fsp3) is 0.364. The minimum Gasteiger partial charge on any atom is -0.371 e. The molecule has 0 aromatic heterocycles. The molecular formula is C22H23F4N3O. The number of aliphatic imine (C=N–C) groups is 1. The van der Waals surface area contributed by atoms with Crippen LogP contribution in [0.2, 0.25) is 0 Å². The Balaban J connectivity index is 1.94. The molecule has 3 rings (SSSR count). The van der Waals surface area contributed by atoms with E-state index in [4.69, 9.17) is 0 Å². The number of nitrogens with one attached hydrogen (secondary N) is 1. The lowest BCUT2D eigenvalue weighted by molar-refractivity contribution is -0.137. The van der Waals surface area contributed by atoms with Crippen molar-refractivity contribution in [3.8, 4) is 0 Å². The summed E-state index contributed by atoms with van der Waals surface area (Å²) in [6.45, 7) is 4.87. The minimum atomic E-state index is -4.54. The maximum absolute atomic E-state index is 13.7. The van der Waals surface area contributed by atoms with Crippen molar-refractivity contribution >= 4 is 29.2 Å². The number of carbonyl (C=O) groups is 1. The normalized spacial score (nSPS) is 16.1. The highest BCUT2D eigenvalue weighted by Crippen LogP contribution is 2.39. The number of amides is 1. The van der Waals surface area contributed by atoms with Crippen LogP contribution in [0.4, 0.5) is 34.6 Å². The molecule has 1 heterocycles. The summed E-state index contributed by atoms with van der Waals surface area (Å²) in [6.07, 6.45) is -1.83. The van der Waals surface area contributed by atoms with Gasteiger partial charge >= 0.3 is 6.18 Å². The summed E-state index contributed by atoms with van der Waals surface area (Å²) >= 11 is 0. The minimum absolute atomic E-state index is 0.0803. The highest BCUT2D eigenvalue weighted by Gasteiger charge is 2.35. The fourth-order valence-electron chi connectivity index (χ4n) is 3.56. The van der Waals surface area contributed by atoms with E-state index in [0.29, 0.717) is 24.3 Å². The van der Waals surface area contributed by atoms with Gasteiger partial charge in [-0.15, -0.1) is 0 Å². The Labute approximate surface area is 172 Å². The monoisotopic (exact) mass is 421 g/mol. The molecule has 1 N–H and O–H groups in total. The SMILES string of the molecule is CCCN(CCC)c1ccc(N=CC2C(=O)Nc3ccc(F)cc32)cc1C(F)(F)F. The molecule has 160 valence electrons. The lowest BCUT2D eigenvalue weighted by atomic mass is 10.0. The van der Waals surface area contributed by atoms with Gasteiger partial charge in [0.05, 0.1) is 11.3 Å². The van der Waals surface area contributed by atoms with Crippen LogP contribution < -0.4 is 10.2 Å². The summed E-state index contributed by atoms with van der Waals surface area (Å²) < 4.78 is 54.7. The molecule has 1 atom stereocenters. The van der Waals surface area contributed by atoms with E-state index in [2.05, 4.69) is 10.3 Å². The number of rotatable bonds is 7. The van der Waals surface area contributed by atoms with Crippen molar-refractivity contribution in [1.82, 2.24) is 0 Å². The van der Waals surface area contributed by atoms with Crippen LogP contribution in [0.5, 0.6) is 0 Å². The molecule has 1 aliphatic heterocycles. The van der Waals surface area contributed by atoms with E-state index in [1.807, 2.05) is 13.8 Å². The number of fused-ring (bicyclic) bond motifs is 1. The summed E-state index contributed by atoms with van der Waals surface area (Å²) in [5.74, 6) is -1.76. The first-order chi connectivity index (χ1) is 14.2. The van der Waals surface area contributed by atoms with Gasteiger partial charge in [-0.2, -0.15) is 13.2 Å². The Morgan fingerprint density at radius 2 is 1.80 bits per heavy atom. The van der Waals surface area contributed by atoms with Gasteiger partial charge in [0.2, 0.25) is 5.91 Å². The van der Waals surface area contributed by atoms with Gasteiger partial charge in [-0.05, 0) is 54.8 Å². The Morgan fingerprint density at radius 1 is 1.10 bits per heavy atom. The van der Waals surface area contributed by atoms with Crippen molar-refractivity contribution in [3.63, 3.8) is 0 Å². The van der Waals surface area contributed by atoms with Crippen molar-refractivity contribution in [2.45, 2.75) is 38.8 Å². The summed E-state index contributed by atoms with van der Waals surface area (Å²) in [5.41, 5.74) is 0.321. The molecule has 0 spiro atoms. The van der Waals surface area contributed by atoms with Gasteiger partial charge < -0.3 is 10.2 Å². The van der Waals surface area contributed by atoms with Gasteiger partial charge in [-0.25, -0.2) is 4.39 Å². The molecule has 0 saturated carbocycles.